The molecule has 0 spiro atoms. The topological polar surface area (TPSA) is 51.9 Å². The first-order valence-corrected chi connectivity index (χ1v) is 7.97. The van der Waals surface area contributed by atoms with E-state index in [1.165, 1.54) is 27.6 Å². The number of hydrogen-bond acceptors (Lipinski definition) is 2. The molecule has 1 heterocycles. The van der Waals surface area contributed by atoms with Gasteiger partial charge in [-0.2, -0.15) is 0 Å². The van der Waals surface area contributed by atoms with Crippen LogP contribution in [0.25, 0.3) is 10.8 Å². The zero-order chi connectivity index (χ0) is 15.7. The van der Waals surface area contributed by atoms with Crippen molar-refractivity contribution in [1.29, 1.82) is 0 Å². The highest BCUT2D eigenvalue weighted by Gasteiger charge is 2.28. The van der Waals surface area contributed by atoms with Gasteiger partial charge in [-0.25, -0.2) is 0 Å². The average molecular weight is 297 g/mol. The molecular formula is C19H25N2O+. The molecule has 3 heteroatoms. The molecule has 0 aromatic heterocycles. The summed E-state index contributed by atoms with van der Waals surface area (Å²) in [4.78, 5) is 0. The molecule has 0 aliphatic carbocycles. The summed E-state index contributed by atoms with van der Waals surface area (Å²) in [6.07, 6.45) is 3.69. The molecule has 0 radical (unpaired) electrons. The first-order chi connectivity index (χ1) is 10.5. The Labute approximate surface area is 132 Å². The van der Waals surface area contributed by atoms with Gasteiger partial charge in [0.2, 0.25) is 0 Å². The van der Waals surface area contributed by atoms with E-state index in [0.29, 0.717) is 6.61 Å². The Bertz CT molecular complexity index is 732. The first kappa shape index (κ1) is 14.9. The van der Waals surface area contributed by atoms with E-state index in [4.69, 9.17) is 10.5 Å². The molecule has 4 N–H and O–H groups in total. The van der Waals surface area contributed by atoms with Gasteiger partial charge < -0.3 is 15.8 Å². The molecule has 22 heavy (non-hydrogen) atoms. The quantitative estimate of drug-likeness (QED) is 0.837. The summed E-state index contributed by atoms with van der Waals surface area (Å²) >= 11 is 0. The third-order valence-electron chi connectivity index (χ3n) is 4.30. The summed E-state index contributed by atoms with van der Waals surface area (Å²) in [5.74, 6) is 0.966. The zero-order valence-electron chi connectivity index (χ0n) is 13.6. The predicted molar refractivity (Wildman–Crippen MR) is 91.4 cm³/mol. The minimum atomic E-state index is 0.0960. The van der Waals surface area contributed by atoms with E-state index in [2.05, 4.69) is 49.5 Å². The molecule has 0 atom stereocenters. The molecule has 3 rings (SSSR count). The van der Waals surface area contributed by atoms with Gasteiger partial charge >= 0.3 is 0 Å². The summed E-state index contributed by atoms with van der Waals surface area (Å²) in [6.45, 7) is 7.25. The van der Waals surface area contributed by atoms with E-state index < -0.39 is 0 Å². The molecule has 0 saturated heterocycles. The Kier molecular flexibility index (Phi) is 3.83. The number of nitrogens with two attached hydrogens (primary N) is 2. The minimum absolute atomic E-state index is 0.0960. The van der Waals surface area contributed by atoms with Gasteiger partial charge in [-0.1, -0.05) is 18.2 Å². The van der Waals surface area contributed by atoms with Crippen molar-refractivity contribution in [3.63, 3.8) is 0 Å². The zero-order valence-corrected chi connectivity index (χ0v) is 13.6. The van der Waals surface area contributed by atoms with Gasteiger partial charge in [-0.05, 0) is 50.6 Å². The molecule has 1 aliphatic heterocycles. The molecule has 116 valence electrons. The maximum Gasteiger partial charge on any atom is 0.138 e. The Hall–Kier alpha value is -2.00. The highest BCUT2D eigenvalue weighted by Crippen LogP contribution is 2.35. The van der Waals surface area contributed by atoms with Gasteiger partial charge in [0.25, 0.3) is 0 Å². The molecule has 2 aromatic carbocycles. The van der Waals surface area contributed by atoms with Gasteiger partial charge in [0, 0.05) is 23.3 Å². The van der Waals surface area contributed by atoms with Crippen LogP contribution < -0.4 is 15.8 Å². The summed E-state index contributed by atoms with van der Waals surface area (Å²) in [6, 6.07) is 10.8. The van der Waals surface area contributed by atoms with Gasteiger partial charge in [0.05, 0.1) is 12.1 Å². The van der Waals surface area contributed by atoms with E-state index in [-0.39, 0.29) is 5.54 Å². The van der Waals surface area contributed by atoms with Crippen molar-refractivity contribution < 1.29 is 10.1 Å². The van der Waals surface area contributed by atoms with Crippen LogP contribution in [0.1, 0.15) is 32.8 Å². The molecule has 3 nitrogen and oxygen atoms in total. The van der Waals surface area contributed by atoms with E-state index in [1.54, 1.807) is 6.20 Å². The third kappa shape index (κ3) is 2.69. The van der Waals surface area contributed by atoms with Crippen molar-refractivity contribution in [3.8, 4) is 5.75 Å². The maximum absolute atomic E-state index is 5.87. The second-order valence-corrected chi connectivity index (χ2v) is 6.74. The standard InChI is InChI=1S/C19H24N2O/c1-4-22-17-9-8-16-18-14(6-5-7-15(17)18)10-13(12-20)11-19(2,3)21-16/h5-9,12,21H,4,10-11,20H2,1-3H3/p+1/b13-12-. The summed E-state index contributed by atoms with van der Waals surface area (Å²) in [7, 11) is 0. The largest absolute Gasteiger partial charge is 0.493 e. The lowest BCUT2D eigenvalue weighted by Gasteiger charge is -2.28. The van der Waals surface area contributed by atoms with Crippen LogP contribution in [0.15, 0.2) is 42.1 Å². The number of ether oxygens (including phenoxy) is 1. The number of quaternary nitrogens is 1. The molecule has 0 bridgehead atoms. The maximum atomic E-state index is 5.87. The SMILES string of the molecule is CCOc1ccc2c3c(cccc13)C/C(=C/N)CC(C)(C)[NH2+]2. The van der Waals surface area contributed by atoms with E-state index >= 15 is 0 Å². The van der Waals surface area contributed by atoms with E-state index in [0.717, 1.165) is 18.6 Å². The van der Waals surface area contributed by atoms with Crippen LogP contribution in [0.2, 0.25) is 0 Å². The summed E-state index contributed by atoms with van der Waals surface area (Å²) < 4.78 is 5.82. The monoisotopic (exact) mass is 297 g/mol. The fraction of sp³-hybridized carbons (Fsp3) is 0.368. The van der Waals surface area contributed by atoms with E-state index in [1.807, 2.05) is 6.92 Å². The lowest BCUT2D eigenvalue weighted by atomic mass is 9.86. The van der Waals surface area contributed by atoms with Crippen molar-refractivity contribution >= 4 is 16.5 Å². The molecule has 1 aliphatic rings. The summed E-state index contributed by atoms with van der Waals surface area (Å²) in [5.41, 5.74) is 9.89. The van der Waals surface area contributed by atoms with Gasteiger partial charge in [-0.3, -0.25) is 0 Å². The van der Waals surface area contributed by atoms with Gasteiger partial charge in [0.1, 0.15) is 11.4 Å². The van der Waals surface area contributed by atoms with Crippen LogP contribution in [0, 0.1) is 0 Å². The van der Waals surface area contributed by atoms with Gasteiger partial charge in [-0.15, -0.1) is 0 Å². The van der Waals surface area contributed by atoms with Crippen LogP contribution in [-0.4, -0.2) is 12.1 Å². The molecular weight excluding hydrogens is 272 g/mol. The second-order valence-electron chi connectivity index (χ2n) is 6.74. The Morgan fingerprint density at radius 2 is 2.09 bits per heavy atom. The average Bonchev–Trinajstić information content (AvgIpc) is 2.47. The lowest BCUT2D eigenvalue weighted by Crippen LogP contribution is -2.90. The molecule has 2 aromatic rings. The molecule has 0 saturated carbocycles. The Morgan fingerprint density at radius 1 is 1.27 bits per heavy atom. The third-order valence-corrected chi connectivity index (χ3v) is 4.30. The van der Waals surface area contributed by atoms with Crippen LogP contribution in [0.5, 0.6) is 5.75 Å². The fourth-order valence-electron chi connectivity index (χ4n) is 3.52. The van der Waals surface area contributed by atoms with Crippen molar-refractivity contribution in [3.05, 3.63) is 47.7 Å². The van der Waals surface area contributed by atoms with Crippen LogP contribution in [0.3, 0.4) is 0 Å². The highest BCUT2D eigenvalue weighted by atomic mass is 16.5. The van der Waals surface area contributed by atoms with Crippen molar-refractivity contribution in [2.45, 2.75) is 39.2 Å². The predicted octanol–water partition coefficient (Wildman–Crippen LogP) is 3.00. The highest BCUT2D eigenvalue weighted by molar-refractivity contribution is 5.98. The first-order valence-electron chi connectivity index (χ1n) is 7.97. The van der Waals surface area contributed by atoms with Crippen molar-refractivity contribution in [2.75, 3.05) is 6.61 Å². The minimum Gasteiger partial charge on any atom is -0.493 e. The van der Waals surface area contributed by atoms with Crippen LogP contribution in [0.4, 0.5) is 5.69 Å². The number of hydrogen-bond donors (Lipinski definition) is 2. The van der Waals surface area contributed by atoms with E-state index in [9.17, 15) is 0 Å². The fourth-order valence-corrected chi connectivity index (χ4v) is 3.52. The Balaban J connectivity index is 2.27. The normalized spacial score (nSPS) is 19.0. The van der Waals surface area contributed by atoms with Gasteiger partial charge in [0.15, 0.2) is 0 Å². The number of benzene rings is 2. The second kappa shape index (κ2) is 5.65. The molecule has 0 amide bonds. The lowest BCUT2D eigenvalue weighted by molar-refractivity contribution is -0.645. The number of rotatable bonds is 2. The molecule has 0 unspecified atom stereocenters. The van der Waals surface area contributed by atoms with Crippen LogP contribution >= 0.6 is 0 Å². The summed E-state index contributed by atoms with van der Waals surface area (Å²) in [5, 5.41) is 4.87. The van der Waals surface area contributed by atoms with Crippen molar-refractivity contribution in [1.82, 2.24) is 0 Å². The Morgan fingerprint density at radius 3 is 2.82 bits per heavy atom. The van der Waals surface area contributed by atoms with Crippen LogP contribution in [-0.2, 0) is 6.42 Å². The van der Waals surface area contributed by atoms with Crippen molar-refractivity contribution in [2.24, 2.45) is 5.73 Å². The molecule has 0 fully saturated rings. The smallest absolute Gasteiger partial charge is 0.138 e.